The van der Waals surface area contributed by atoms with E-state index in [2.05, 4.69) is 5.32 Å². The Labute approximate surface area is 120 Å². The van der Waals surface area contributed by atoms with Gasteiger partial charge >= 0.3 is 0 Å². The third-order valence-electron chi connectivity index (χ3n) is 3.68. The summed E-state index contributed by atoms with van der Waals surface area (Å²) >= 11 is 0. The Kier molecular flexibility index (Phi) is 6.10. The van der Waals surface area contributed by atoms with Gasteiger partial charge in [0.1, 0.15) is 0 Å². The zero-order valence-corrected chi connectivity index (χ0v) is 12.6. The average Bonchev–Trinajstić information content (AvgIpc) is 2.43. The van der Waals surface area contributed by atoms with Crippen LogP contribution in [0.2, 0.25) is 0 Å². The number of nitro groups is 1. The summed E-state index contributed by atoms with van der Waals surface area (Å²) in [5.41, 5.74) is 1.83. The molecule has 0 saturated carbocycles. The largest absolute Gasteiger partial charge is 0.396 e. The molecule has 20 heavy (non-hydrogen) atoms. The van der Waals surface area contributed by atoms with Crippen LogP contribution in [0.4, 0.5) is 5.69 Å². The molecule has 1 rings (SSSR count). The van der Waals surface area contributed by atoms with Crippen LogP contribution in [0, 0.1) is 16.0 Å². The van der Waals surface area contributed by atoms with Crippen molar-refractivity contribution in [1.82, 2.24) is 5.32 Å². The summed E-state index contributed by atoms with van der Waals surface area (Å²) < 4.78 is 0. The average molecular weight is 280 g/mol. The standard InChI is InChI=1S/C15H24N2O3/c1-10(2)14-6-5-13(7-15(14)17(19)20)8-16-12(4)11(3)9-18/h5-7,10-12,16,18H,8-9H2,1-4H3. The van der Waals surface area contributed by atoms with E-state index in [4.69, 9.17) is 5.11 Å². The van der Waals surface area contributed by atoms with Crippen LogP contribution in [-0.4, -0.2) is 22.7 Å². The number of aliphatic hydroxyl groups excluding tert-OH is 1. The third kappa shape index (κ3) is 4.28. The number of nitrogens with one attached hydrogen (secondary N) is 1. The van der Waals surface area contributed by atoms with Gasteiger partial charge in [-0.05, 0) is 24.3 Å². The molecule has 1 aromatic rings. The maximum Gasteiger partial charge on any atom is 0.273 e. The molecule has 5 nitrogen and oxygen atoms in total. The van der Waals surface area contributed by atoms with Gasteiger partial charge in [0.15, 0.2) is 0 Å². The van der Waals surface area contributed by atoms with Crippen LogP contribution in [0.3, 0.4) is 0 Å². The predicted octanol–water partition coefficient (Wildman–Crippen LogP) is 2.82. The molecule has 1 aromatic carbocycles. The molecule has 0 aliphatic rings. The zero-order chi connectivity index (χ0) is 15.3. The maximum atomic E-state index is 11.1. The first-order valence-electron chi connectivity index (χ1n) is 6.98. The van der Waals surface area contributed by atoms with E-state index in [1.807, 2.05) is 39.8 Å². The van der Waals surface area contributed by atoms with E-state index < -0.39 is 0 Å². The molecule has 0 heterocycles. The fourth-order valence-electron chi connectivity index (χ4n) is 1.98. The number of rotatable bonds is 7. The first-order chi connectivity index (χ1) is 9.36. The van der Waals surface area contributed by atoms with Crippen molar-refractivity contribution in [2.24, 2.45) is 5.92 Å². The normalized spacial score (nSPS) is 14.3. The molecule has 2 N–H and O–H groups in total. The molecule has 2 atom stereocenters. The molecule has 0 aliphatic carbocycles. The second-order valence-electron chi connectivity index (χ2n) is 5.63. The molecule has 0 bridgehead atoms. The quantitative estimate of drug-likeness (QED) is 0.595. The molecule has 0 fully saturated rings. The highest BCUT2D eigenvalue weighted by atomic mass is 16.6. The lowest BCUT2D eigenvalue weighted by Gasteiger charge is -2.19. The summed E-state index contributed by atoms with van der Waals surface area (Å²) in [6.45, 7) is 8.54. The number of benzene rings is 1. The van der Waals surface area contributed by atoms with Crippen LogP contribution >= 0.6 is 0 Å². The predicted molar refractivity (Wildman–Crippen MR) is 79.7 cm³/mol. The smallest absolute Gasteiger partial charge is 0.273 e. The van der Waals surface area contributed by atoms with Gasteiger partial charge in [-0.1, -0.05) is 32.9 Å². The highest BCUT2D eigenvalue weighted by molar-refractivity contribution is 5.45. The zero-order valence-electron chi connectivity index (χ0n) is 12.6. The number of nitrogens with zero attached hydrogens (tertiary/aromatic N) is 1. The lowest BCUT2D eigenvalue weighted by molar-refractivity contribution is -0.385. The van der Waals surface area contributed by atoms with Gasteiger partial charge in [-0.2, -0.15) is 0 Å². The fraction of sp³-hybridized carbons (Fsp3) is 0.600. The molecule has 0 saturated heterocycles. The van der Waals surface area contributed by atoms with E-state index in [1.165, 1.54) is 0 Å². The molecule has 112 valence electrons. The maximum absolute atomic E-state index is 11.1. The van der Waals surface area contributed by atoms with Gasteiger partial charge in [0.05, 0.1) is 4.92 Å². The summed E-state index contributed by atoms with van der Waals surface area (Å²) in [5, 5.41) is 23.5. The lowest BCUT2D eigenvalue weighted by atomic mass is 9.99. The van der Waals surface area contributed by atoms with Crippen LogP contribution < -0.4 is 5.32 Å². The monoisotopic (exact) mass is 280 g/mol. The van der Waals surface area contributed by atoms with E-state index >= 15 is 0 Å². The highest BCUT2D eigenvalue weighted by Gasteiger charge is 2.17. The molecular weight excluding hydrogens is 256 g/mol. The Hall–Kier alpha value is -1.46. The molecule has 0 amide bonds. The van der Waals surface area contributed by atoms with Crippen molar-refractivity contribution >= 4 is 5.69 Å². The Morgan fingerprint density at radius 2 is 1.95 bits per heavy atom. The second kappa shape index (κ2) is 7.36. The van der Waals surface area contributed by atoms with Crippen molar-refractivity contribution in [2.75, 3.05) is 6.61 Å². The molecule has 5 heteroatoms. The first-order valence-corrected chi connectivity index (χ1v) is 6.98. The summed E-state index contributed by atoms with van der Waals surface area (Å²) in [6, 6.07) is 5.55. The van der Waals surface area contributed by atoms with Crippen molar-refractivity contribution in [3.8, 4) is 0 Å². The number of hydrogen-bond acceptors (Lipinski definition) is 4. The third-order valence-corrected chi connectivity index (χ3v) is 3.68. The Bertz CT molecular complexity index is 460. The van der Waals surface area contributed by atoms with Gasteiger partial charge in [-0.25, -0.2) is 0 Å². The van der Waals surface area contributed by atoms with Crippen molar-refractivity contribution in [1.29, 1.82) is 0 Å². The van der Waals surface area contributed by atoms with Gasteiger partial charge in [0.25, 0.3) is 5.69 Å². The minimum absolute atomic E-state index is 0.126. The topological polar surface area (TPSA) is 75.4 Å². The second-order valence-corrected chi connectivity index (χ2v) is 5.63. The van der Waals surface area contributed by atoms with Gasteiger partial charge in [0, 0.05) is 30.8 Å². The molecule has 0 aliphatic heterocycles. The van der Waals surface area contributed by atoms with Gasteiger partial charge in [0.2, 0.25) is 0 Å². The molecule has 0 radical (unpaired) electrons. The van der Waals surface area contributed by atoms with Crippen LogP contribution in [0.5, 0.6) is 0 Å². The summed E-state index contributed by atoms with van der Waals surface area (Å²) in [6.07, 6.45) is 0. The van der Waals surface area contributed by atoms with E-state index in [9.17, 15) is 10.1 Å². The number of hydrogen-bond donors (Lipinski definition) is 2. The van der Waals surface area contributed by atoms with Crippen molar-refractivity contribution in [2.45, 2.75) is 46.2 Å². The van der Waals surface area contributed by atoms with Crippen LogP contribution in [0.25, 0.3) is 0 Å². The summed E-state index contributed by atoms with van der Waals surface area (Å²) in [5.74, 6) is 0.283. The highest BCUT2D eigenvalue weighted by Crippen LogP contribution is 2.27. The van der Waals surface area contributed by atoms with E-state index in [-0.39, 0.29) is 35.1 Å². The van der Waals surface area contributed by atoms with Gasteiger partial charge in [-0.3, -0.25) is 10.1 Å². The fourth-order valence-corrected chi connectivity index (χ4v) is 1.98. The number of nitro benzene ring substituents is 1. The minimum Gasteiger partial charge on any atom is -0.396 e. The molecule has 0 spiro atoms. The Morgan fingerprint density at radius 3 is 2.45 bits per heavy atom. The van der Waals surface area contributed by atoms with E-state index in [0.717, 1.165) is 11.1 Å². The SMILES string of the molecule is CC(C)c1ccc(CNC(C)C(C)CO)cc1[N+](=O)[O-]. The van der Waals surface area contributed by atoms with Crippen molar-refractivity contribution in [3.05, 3.63) is 39.4 Å². The van der Waals surface area contributed by atoms with Crippen molar-refractivity contribution in [3.63, 3.8) is 0 Å². The van der Waals surface area contributed by atoms with Crippen LogP contribution in [0.15, 0.2) is 18.2 Å². The molecular formula is C15H24N2O3. The summed E-state index contributed by atoms with van der Waals surface area (Å²) in [7, 11) is 0. The van der Waals surface area contributed by atoms with Crippen LogP contribution in [0.1, 0.15) is 44.7 Å². The van der Waals surface area contributed by atoms with E-state index in [0.29, 0.717) is 6.54 Å². The van der Waals surface area contributed by atoms with E-state index in [1.54, 1.807) is 6.07 Å². The van der Waals surface area contributed by atoms with Gasteiger partial charge in [-0.15, -0.1) is 0 Å². The summed E-state index contributed by atoms with van der Waals surface area (Å²) in [4.78, 5) is 10.8. The molecule has 0 aromatic heterocycles. The minimum atomic E-state index is -0.321. The van der Waals surface area contributed by atoms with Crippen LogP contribution in [-0.2, 0) is 6.54 Å². The molecule has 2 unspecified atom stereocenters. The lowest BCUT2D eigenvalue weighted by Crippen LogP contribution is -2.33. The number of aliphatic hydroxyl groups is 1. The van der Waals surface area contributed by atoms with Crippen molar-refractivity contribution < 1.29 is 10.0 Å². The Balaban J connectivity index is 2.83. The van der Waals surface area contributed by atoms with Gasteiger partial charge < -0.3 is 10.4 Å². The Morgan fingerprint density at radius 1 is 1.30 bits per heavy atom. The first kappa shape index (κ1) is 16.6.